The maximum atomic E-state index is 12.8. The summed E-state index contributed by atoms with van der Waals surface area (Å²) in [6.07, 6.45) is -3.66. The number of halogens is 3. The number of aliphatic hydroxyl groups is 1. The molecule has 2 rings (SSSR count). The first-order chi connectivity index (χ1) is 8.90. The van der Waals surface area contributed by atoms with Gasteiger partial charge in [0, 0.05) is 20.1 Å². The first-order valence-electron chi connectivity index (χ1n) is 6.10. The van der Waals surface area contributed by atoms with Gasteiger partial charge in [0.05, 0.1) is 11.7 Å². The Bertz CT molecular complexity index is 442. The molecule has 0 saturated carbocycles. The third-order valence-electron chi connectivity index (χ3n) is 3.18. The van der Waals surface area contributed by atoms with Crippen LogP contribution in [0, 0.1) is 0 Å². The van der Waals surface area contributed by atoms with Gasteiger partial charge in [-0.15, -0.1) is 0 Å². The average Bonchev–Trinajstić information content (AvgIpc) is 2.38. The highest BCUT2D eigenvalue weighted by atomic mass is 19.4. The van der Waals surface area contributed by atoms with Gasteiger partial charge >= 0.3 is 6.18 Å². The van der Waals surface area contributed by atoms with E-state index >= 15 is 0 Å². The van der Waals surface area contributed by atoms with Crippen molar-refractivity contribution >= 4 is 11.6 Å². The minimum absolute atomic E-state index is 0.191. The molecule has 7 heteroatoms. The molecular weight excluding hydrogens is 259 g/mol. The summed E-state index contributed by atoms with van der Waals surface area (Å²) < 4.78 is 38.4. The second-order valence-corrected chi connectivity index (χ2v) is 4.57. The van der Waals surface area contributed by atoms with Crippen molar-refractivity contribution in [1.82, 2.24) is 4.98 Å². The van der Waals surface area contributed by atoms with Gasteiger partial charge in [-0.3, -0.25) is 0 Å². The molecule has 1 aliphatic rings. The standard InChI is InChI=1S/C12H16F3N3O/c1-16-10-6-8(12(13,14)15)7-11(17-10)18-4-2-9(19)3-5-18/h6-7,9,19H,2-5H2,1H3,(H,16,17). The van der Waals surface area contributed by atoms with E-state index in [1.807, 2.05) is 0 Å². The molecule has 2 N–H and O–H groups in total. The lowest BCUT2D eigenvalue weighted by Crippen LogP contribution is -2.36. The van der Waals surface area contributed by atoms with Crippen molar-refractivity contribution in [3.05, 3.63) is 17.7 Å². The predicted molar refractivity (Wildman–Crippen MR) is 66.2 cm³/mol. The number of anilines is 2. The van der Waals surface area contributed by atoms with E-state index in [0.29, 0.717) is 31.7 Å². The fraction of sp³-hybridized carbons (Fsp3) is 0.583. The SMILES string of the molecule is CNc1cc(C(F)(F)F)cc(N2CCC(O)CC2)n1. The summed E-state index contributed by atoms with van der Waals surface area (Å²) in [5.74, 6) is 0.488. The lowest BCUT2D eigenvalue weighted by atomic mass is 10.1. The van der Waals surface area contributed by atoms with E-state index in [9.17, 15) is 18.3 Å². The molecule has 1 aliphatic heterocycles. The fourth-order valence-electron chi connectivity index (χ4n) is 2.06. The van der Waals surface area contributed by atoms with Crippen LogP contribution in [-0.2, 0) is 6.18 Å². The maximum Gasteiger partial charge on any atom is 0.416 e. The first kappa shape index (κ1) is 13.9. The van der Waals surface area contributed by atoms with Crippen LogP contribution >= 0.6 is 0 Å². The molecule has 106 valence electrons. The molecule has 1 saturated heterocycles. The van der Waals surface area contributed by atoms with Crippen LogP contribution in [0.3, 0.4) is 0 Å². The average molecular weight is 275 g/mol. The van der Waals surface area contributed by atoms with Crippen LogP contribution in [0.2, 0.25) is 0 Å². The summed E-state index contributed by atoms with van der Waals surface area (Å²) in [6, 6.07) is 2.04. The van der Waals surface area contributed by atoms with Crippen LogP contribution < -0.4 is 10.2 Å². The Morgan fingerprint density at radius 1 is 1.32 bits per heavy atom. The maximum absolute atomic E-state index is 12.8. The van der Waals surface area contributed by atoms with Gasteiger partial charge in [-0.05, 0) is 25.0 Å². The van der Waals surface area contributed by atoms with Gasteiger partial charge in [0.15, 0.2) is 0 Å². The van der Waals surface area contributed by atoms with E-state index in [1.54, 1.807) is 4.90 Å². The van der Waals surface area contributed by atoms with Crippen molar-refractivity contribution < 1.29 is 18.3 Å². The molecular formula is C12H16F3N3O. The summed E-state index contributed by atoms with van der Waals surface area (Å²) in [5, 5.41) is 12.1. The minimum atomic E-state index is -4.39. The van der Waals surface area contributed by atoms with Gasteiger partial charge in [-0.1, -0.05) is 0 Å². The van der Waals surface area contributed by atoms with Crippen molar-refractivity contribution in [2.24, 2.45) is 0 Å². The Hall–Kier alpha value is -1.50. The third-order valence-corrected chi connectivity index (χ3v) is 3.18. The number of hydrogen-bond acceptors (Lipinski definition) is 4. The quantitative estimate of drug-likeness (QED) is 0.868. The Kier molecular flexibility index (Phi) is 3.84. The summed E-state index contributed by atoms with van der Waals surface area (Å²) in [6.45, 7) is 1.03. The van der Waals surface area contributed by atoms with Crippen LogP contribution in [0.4, 0.5) is 24.8 Å². The highest BCUT2D eigenvalue weighted by Gasteiger charge is 2.32. The molecule has 1 aromatic heterocycles. The molecule has 0 radical (unpaired) electrons. The summed E-state index contributed by atoms with van der Waals surface area (Å²) in [4.78, 5) is 5.91. The number of aliphatic hydroxyl groups excluding tert-OH is 1. The van der Waals surface area contributed by atoms with Crippen LogP contribution in [0.15, 0.2) is 12.1 Å². The molecule has 19 heavy (non-hydrogen) atoms. The van der Waals surface area contributed by atoms with Gasteiger partial charge in [-0.2, -0.15) is 13.2 Å². The van der Waals surface area contributed by atoms with Gasteiger partial charge in [0.2, 0.25) is 0 Å². The van der Waals surface area contributed by atoms with Crippen LogP contribution in [0.25, 0.3) is 0 Å². The van der Waals surface area contributed by atoms with Crippen LogP contribution in [0.1, 0.15) is 18.4 Å². The number of pyridine rings is 1. The molecule has 1 fully saturated rings. The molecule has 4 nitrogen and oxygen atoms in total. The molecule has 1 aromatic rings. The zero-order valence-corrected chi connectivity index (χ0v) is 10.5. The fourth-order valence-corrected chi connectivity index (χ4v) is 2.06. The molecule has 0 bridgehead atoms. The van der Waals surface area contributed by atoms with Crippen LogP contribution in [0.5, 0.6) is 0 Å². The highest BCUT2D eigenvalue weighted by Crippen LogP contribution is 2.33. The second-order valence-electron chi connectivity index (χ2n) is 4.57. The third kappa shape index (κ3) is 3.28. The zero-order valence-electron chi connectivity index (χ0n) is 10.5. The van der Waals surface area contributed by atoms with Crippen LogP contribution in [-0.4, -0.2) is 36.3 Å². The second kappa shape index (κ2) is 5.24. The van der Waals surface area contributed by atoms with Crippen molar-refractivity contribution in [2.75, 3.05) is 30.4 Å². The predicted octanol–water partition coefficient (Wildman–Crippen LogP) is 2.10. The van der Waals surface area contributed by atoms with Gasteiger partial charge < -0.3 is 15.3 Å². The Morgan fingerprint density at radius 3 is 2.47 bits per heavy atom. The van der Waals surface area contributed by atoms with Gasteiger partial charge in [0.1, 0.15) is 11.6 Å². The number of rotatable bonds is 2. The molecule has 0 spiro atoms. The van der Waals surface area contributed by atoms with E-state index in [-0.39, 0.29) is 11.9 Å². The monoisotopic (exact) mass is 275 g/mol. The van der Waals surface area contributed by atoms with Gasteiger partial charge in [0.25, 0.3) is 0 Å². The lowest BCUT2D eigenvalue weighted by molar-refractivity contribution is -0.137. The van der Waals surface area contributed by atoms with Crippen molar-refractivity contribution in [1.29, 1.82) is 0 Å². The number of aromatic nitrogens is 1. The first-order valence-corrected chi connectivity index (χ1v) is 6.10. The highest BCUT2D eigenvalue weighted by molar-refractivity contribution is 5.51. The van der Waals surface area contributed by atoms with E-state index in [4.69, 9.17) is 0 Å². The van der Waals surface area contributed by atoms with Crippen molar-refractivity contribution in [3.63, 3.8) is 0 Å². The van der Waals surface area contributed by atoms with Crippen molar-refractivity contribution in [2.45, 2.75) is 25.1 Å². The summed E-state index contributed by atoms with van der Waals surface area (Å²) in [5.41, 5.74) is -0.715. The van der Waals surface area contributed by atoms with E-state index in [2.05, 4.69) is 10.3 Å². The Labute approximate surface area is 109 Å². The molecule has 0 atom stereocenters. The Balaban J connectivity index is 2.29. The van der Waals surface area contributed by atoms with Crippen molar-refractivity contribution in [3.8, 4) is 0 Å². The zero-order chi connectivity index (χ0) is 14.0. The smallest absolute Gasteiger partial charge is 0.393 e. The molecule has 0 aliphatic carbocycles. The van der Waals surface area contributed by atoms with E-state index < -0.39 is 11.7 Å². The largest absolute Gasteiger partial charge is 0.416 e. The van der Waals surface area contributed by atoms with Gasteiger partial charge in [-0.25, -0.2) is 4.98 Å². The number of nitrogens with one attached hydrogen (secondary N) is 1. The lowest BCUT2D eigenvalue weighted by Gasteiger charge is -2.31. The molecule has 0 amide bonds. The number of alkyl halides is 3. The van der Waals surface area contributed by atoms with E-state index in [0.717, 1.165) is 12.1 Å². The normalized spacial score (nSPS) is 17.6. The van der Waals surface area contributed by atoms with E-state index in [1.165, 1.54) is 7.05 Å². The topological polar surface area (TPSA) is 48.4 Å². The molecule has 2 heterocycles. The number of nitrogens with zero attached hydrogens (tertiary/aromatic N) is 2. The number of piperidine rings is 1. The number of hydrogen-bond donors (Lipinski definition) is 2. The molecule has 0 aromatic carbocycles. The molecule has 0 unspecified atom stereocenters. The Morgan fingerprint density at radius 2 is 1.95 bits per heavy atom. The summed E-state index contributed by atoms with van der Waals surface area (Å²) in [7, 11) is 1.53. The summed E-state index contributed by atoms with van der Waals surface area (Å²) >= 11 is 0. The minimum Gasteiger partial charge on any atom is -0.393 e.